The Kier molecular flexibility index (Phi) is 4.53. The van der Waals surface area contributed by atoms with Gasteiger partial charge < -0.3 is 5.11 Å². The van der Waals surface area contributed by atoms with Gasteiger partial charge in [-0.3, -0.25) is 0 Å². The van der Waals surface area contributed by atoms with Crippen LogP contribution in [0.4, 0.5) is 0 Å². The van der Waals surface area contributed by atoms with Crippen LogP contribution in [0, 0.1) is 11.3 Å². The quantitative estimate of drug-likeness (QED) is 0.819. The van der Waals surface area contributed by atoms with Crippen molar-refractivity contribution >= 4 is 39.2 Å². The Balaban J connectivity index is 3.41. The number of carboxylic acid groups (broad SMARTS) is 1. The average Bonchev–Trinajstić information content (AvgIpc) is 2.25. The third kappa shape index (κ3) is 2.91. The molecule has 0 aliphatic heterocycles. The minimum absolute atomic E-state index is 0.174. The summed E-state index contributed by atoms with van der Waals surface area (Å²) in [4.78, 5) is 10.5. The Hall–Kier alpha value is -1.33. The Labute approximate surface area is 113 Å². The number of carbonyl (C=O) groups is 1. The van der Waals surface area contributed by atoms with Gasteiger partial charge in [-0.2, -0.15) is 9.98 Å². The van der Waals surface area contributed by atoms with E-state index in [0.29, 0.717) is 0 Å². The first-order valence-electron chi connectivity index (χ1n) is 4.39. The maximum Gasteiger partial charge on any atom is 0.338 e. The van der Waals surface area contributed by atoms with E-state index in [1.165, 1.54) is 0 Å². The second-order valence-electron chi connectivity index (χ2n) is 3.02. The van der Waals surface area contributed by atoms with Crippen LogP contribution in [0.5, 0.6) is 0 Å². The summed E-state index contributed by atoms with van der Waals surface area (Å²) in [6.45, 7) is -0.455. The number of nitrogens with zero attached hydrogens (tertiary/aromatic N) is 1. The van der Waals surface area contributed by atoms with Crippen molar-refractivity contribution in [3.8, 4) is 6.07 Å². The first-order valence-corrected chi connectivity index (χ1v) is 6.63. The molecule has 0 bridgehead atoms. The zero-order valence-electron chi connectivity index (χ0n) is 8.65. The van der Waals surface area contributed by atoms with Crippen LogP contribution in [0.15, 0.2) is 17.0 Å². The highest BCUT2D eigenvalue weighted by atomic mass is 35.5. The fourth-order valence-corrected chi connectivity index (χ4v) is 2.97. The normalized spacial score (nSPS) is 10.9. The molecular formula is C9H6Cl2N2O4S. The summed E-state index contributed by atoms with van der Waals surface area (Å²) in [7, 11) is -4.05. The van der Waals surface area contributed by atoms with Crippen molar-refractivity contribution in [3.63, 3.8) is 0 Å². The van der Waals surface area contributed by atoms with E-state index >= 15 is 0 Å². The molecule has 9 heteroatoms. The summed E-state index contributed by atoms with van der Waals surface area (Å²) in [5.74, 6) is -1.44. The van der Waals surface area contributed by atoms with Crippen LogP contribution in [0.25, 0.3) is 0 Å². The predicted octanol–water partition coefficient (Wildman–Crippen LogP) is 1.49. The van der Waals surface area contributed by atoms with E-state index < -0.39 is 38.0 Å². The molecule has 18 heavy (non-hydrogen) atoms. The van der Waals surface area contributed by atoms with Crippen molar-refractivity contribution in [2.45, 2.75) is 4.90 Å². The van der Waals surface area contributed by atoms with E-state index in [0.717, 1.165) is 12.1 Å². The van der Waals surface area contributed by atoms with E-state index in [-0.39, 0.29) is 5.02 Å². The molecule has 0 heterocycles. The van der Waals surface area contributed by atoms with Gasteiger partial charge in [0.1, 0.15) is 4.90 Å². The number of halogens is 2. The van der Waals surface area contributed by atoms with E-state index in [1.807, 2.05) is 4.72 Å². The zero-order valence-corrected chi connectivity index (χ0v) is 11.0. The molecule has 0 atom stereocenters. The van der Waals surface area contributed by atoms with Crippen LogP contribution < -0.4 is 4.72 Å². The van der Waals surface area contributed by atoms with Gasteiger partial charge in [0, 0.05) is 0 Å². The lowest BCUT2D eigenvalue weighted by Gasteiger charge is -2.09. The van der Waals surface area contributed by atoms with Gasteiger partial charge in [-0.1, -0.05) is 23.2 Å². The lowest BCUT2D eigenvalue weighted by molar-refractivity contribution is 0.0697. The average molecular weight is 309 g/mol. The van der Waals surface area contributed by atoms with Gasteiger partial charge in [0.2, 0.25) is 10.0 Å². The van der Waals surface area contributed by atoms with Crippen LogP contribution >= 0.6 is 23.2 Å². The van der Waals surface area contributed by atoms with E-state index in [2.05, 4.69) is 0 Å². The Bertz CT molecular complexity index is 637. The van der Waals surface area contributed by atoms with Crippen LogP contribution in [0.3, 0.4) is 0 Å². The number of hydrogen-bond acceptors (Lipinski definition) is 4. The third-order valence-corrected chi connectivity index (χ3v) is 4.16. The number of sulfonamides is 1. The molecule has 1 aromatic carbocycles. The smallest absolute Gasteiger partial charge is 0.338 e. The molecule has 0 aromatic heterocycles. The second kappa shape index (κ2) is 5.54. The standard InChI is InChI=1S/C9H6Cl2N2O4S/c10-5-1-2-6(8(11)7(5)9(14)15)18(16,17)13-4-3-12/h1-2,13H,4H2,(H,14,15). The Morgan fingerprint density at radius 1 is 1.44 bits per heavy atom. The molecule has 0 radical (unpaired) electrons. The molecule has 0 unspecified atom stereocenters. The molecule has 0 aliphatic rings. The minimum atomic E-state index is -4.05. The molecule has 2 N–H and O–H groups in total. The number of carboxylic acids is 1. The zero-order chi connectivity index (χ0) is 13.9. The van der Waals surface area contributed by atoms with Gasteiger partial charge in [-0.05, 0) is 12.1 Å². The number of rotatable bonds is 4. The van der Waals surface area contributed by atoms with Gasteiger partial charge in [0.15, 0.2) is 0 Å². The maximum atomic E-state index is 11.7. The molecule has 0 spiro atoms. The fourth-order valence-electron chi connectivity index (χ4n) is 1.14. The highest BCUT2D eigenvalue weighted by Crippen LogP contribution is 2.30. The van der Waals surface area contributed by atoms with E-state index in [4.69, 9.17) is 33.6 Å². The molecular weight excluding hydrogens is 303 g/mol. The molecule has 1 rings (SSSR count). The van der Waals surface area contributed by atoms with Crippen molar-refractivity contribution in [1.29, 1.82) is 5.26 Å². The number of hydrogen-bond donors (Lipinski definition) is 2. The summed E-state index contributed by atoms with van der Waals surface area (Å²) < 4.78 is 25.4. The highest BCUT2D eigenvalue weighted by Gasteiger charge is 2.24. The lowest BCUT2D eigenvalue weighted by atomic mass is 10.2. The minimum Gasteiger partial charge on any atom is -0.478 e. The van der Waals surface area contributed by atoms with Gasteiger partial charge >= 0.3 is 5.97 Å². The number of nitrogens with one attached hydrogen (secondary N) is 1. The van der Waals surface area contributed by atoms with Crippen molar-refractivity contribution in [1.82, 2.24) is 4.72 Å². The highest BCUT2D eigenvalue weighted by molar-refractivity contribution is 7.89. The van der Waals surface area contributed by atoms with Gasteiger partial charge in [0.25, 0.3) is 0 Å². The van der Waals surface area contributed by atoms with Crippen LogP contribution in [-0.4, -0.2) is 26.0 Å². The summed E-state index contributed by atoms with van der Waals surface area (Å²) in [6.07, 6.45) is 0. The van der Waals surface area contributed by atoms with Gasteiger partial charge in [-0.15, -0.1) is 0 Å². The molecule has 0 saturated carbocycles. The SMILES string of the molecule is N#CCNS(=O)(=O)c1ccc(Cl)c(C(=O)O)c1Cl. The second-order valence-corrected chi connectivity index (χ2v) is 5.54. The maximum absolute atomic E-state index is 11.7. The fraction of sp³-hybridized carbons (Fsp3) is 0.111. The Morgan fingerprint density at radius 2 is 2.06 bits per heavy atom. The van der Waals surface area contributed by atoms with Crippen molar-refractivity contribution < 1.29 is 18.3 Å². The number of benzene rings is 1. The molecule has 1 aromatic rings. The largest absolute Gasteiger partial charge is 0.478 e. The molecule has 6 nitrogen and oxygen atoms in total. The number of nitriles is 1. The number of aromatic carboxylic acids is 1. The topological polar surface area (TPSA) is 107 Å². The molecule has 0 saturated heterocycles. The molecule has 0 aliphatic carbocycles. The van der Waals surface area contributed by atoms with E-state index in [9.17, 15) is 13.2 Å². The molecule has 0 fully saturated rings. The van der Waals surface area contributed by atoms with Crippen LogP contribution in [0.1, 0.15) is 10.4 Å². The third-order valence-electron chi connectivity index (χ3n) is 1.90. The molecule has 0 amide bonds. The summed E-state index contributed by atoms with van der Waals surface area (Å²) in [6, 6.07) is 3.76. The van der Waals surface area contributed by atoms with Crippen molar-refractivity contribution in [2.75, 3.05) is 6.54 Å². The van der Waals surface area contributed by atoms with Crippen LogP contribution in [0.2, 0.25) is 10.0 Å². The predicted molar refractivity (Wildman–Crippen MR) is 64.2 cm³/mol. The van der Waals surface area contributed by atoms with Gasteiger partial charge in [-0.25, -0.2) is 13.2 Å². The van der Waals surface area contributed by atoms with Crippen molar-refractivity contribution in [2.24, 2.45) is 0 Å². The van der Waals surface area contributed by atoms with E-state index in [1.54, 1.807) is 6.07 Å². The summed E-state index contributed by atoms with van der Waals surface area (Å²) >= 11 is 11.3. The summed E-state index contributed by atoms with van der Waals surface area (Å²) in [5, 5.41) is 16.5. The van der Waals surface area contributed by atoms with Gasteiger partial charge in [0.05, 0.1) is 28.2 Å². The first kappa shape index (κ1) is 14.7. The summed E-state index contributed by atoms with van der Waals surface area (Å²) in [5.41, 5.74) is -0.502. The first-order chi connectivity index (χ1) is 8.31. The van der Waals surface area contributed by atoms with Crippen LogP contribution in [-0.2, 0) is 10.0 Å². The lowest BCUT2D eigenvalue weighted by Crippen LogP contribution is -2.24. The Morgan fingerprint density at radius 3 is 2.56 bits per heavy atom. The van der Waals surface area contributed by atoms with Crippen molar-refractivity contribution in [3.05, 3.63) is 27.7 Å². The molecule has 96 valence electrons. The monoisotopic (exact) mass is 308 g/mol.